The zero-order valence-electron chi connectivity index (χ0n) is 10.2. The molecule has 19 heavy (non-hydrogen) atoms. The van der Waals surface area contributed by atoms with Gasteiger partial charge in [-0.1, -0.05) is 18.2 Å². The Kier molecular flexibility index (Phi) is 3.34. The van der Waals surface area contributed by atoms with Gasteiger partial charge in [0.2, 0.25) is 0 Å². The maximum Gasteiger partial charge on any atom is 0.129 e. The fraction of sp³-hybridized carbons (Fsp3) is 0.0625. The summed E-state index contributed by atoms with van der Waals surface area (Å²) in [5.41, 5.74) is 1.96. The molecule has 0 amide bonds. The second-order valence-electron chi connectivity index (χ2n) is 4.24. The number of pyridine rings is 1. The molecule has 0 N–H and O–H groups in total. The molecule has 3 aromatic rings. The Bertz CT molecular complexity index is 712. The molecule has 0 aliphatic carbocycles. The van der Waals surface area contributed by atoms with Crippen LogP contribution in [-0.4, -0.2) is 4.98 Å². The summed E-state index contributed by atoms with van der Waals surface area (Å²) in [6.45, 7) is 0. The van der Waals surface area contributed by atoms with Crippen LogP contribution in [0.15, 0.2) is 60.8 Å². The third kappa shape index (κ3) is 2.69. The molecule has 0 fully saturated rings. The van der Waals surface area contributed by atoms with Crippen LogP contribution in [0, 0.1) is 0 Å². The number of hydrogen-bond donors (Lipinski definition) is 0. The minimum atomic E-state index is 0.483. The average Bonchev–Trinajstić information content (AvgIpc) is 2.47. The largest absolute Gasteiger partial charge is 0.457 e. The van der Waals surface area contributed by atoms with Crippen molar-refractivity contribution in [2.24, 2.45) is 0 Å². The Morgan fingerprint density at radius 2 is 1.84 bits per heavy atom. The lowest BCUT2D eigenvalue weighted by atomic mass is 10.2. The first-order valence-corrected chi connectivity index (χ1v) is 6.56. The predicted molar refractivity (Wildman–Crippen MR) is 77.8 cm³/mol. The highest BCUT2D eigenvalue weighted by Crippen LogP contribution is 2.25. The molecular weight excluding hydrogens is 258 g/mol. The minimum absolute atomic E-state index is 0.483. The highest BCUT2D eigenvalue weighted by atomic mass is 35.5. The van der Waals surface area contributed by atoms with Crippen LogP contribution in [0.5, 0.6) is 11.5 Å². The quantitative estimate of drug-likeness (QED) is 0.639. The van der Waals surface area contributed by atoms with E-state index in [0.717, 1.165) is 28.0 Å². The lowest BCUT2D eigenvalue weighted by molar-refractivity contribution is 0.483. The number of hydrogen-bond acceptors (Lipinski definition) is 2. The molecule has 3 heteroatoms. The topological polar surface area (TPSA) is 22.1 Å². The average molecular weight is 270 g/mol. The zero-order chi connectivity index (χ0) is 13.1. The van der Waals surface area contributed by atoms with Crippen molar-refractivity contribution in [3.05, 3.63) is 66.4 Å². The first kappa shape index (κ1) is 12.0. The molecule has 0 unspecified atom stereocenters. The molecule has 0 bridgehead atoms. The minimum Gasteiger partial charge on any atom is -0.457 e. The van der Waals surface area contributed by atoms with Crippen LogP contribution < -0.4 is 4.74 Å². The van der Waals surface area contributed by atoms with Crippen LogP contribution in [0.3, 0.4) is 0 Å². The van der Waals surface area contributed by atoms with Crippen molar-refractivity contribution >= 4 is 22.5 Å². The smallest absolute Gasteiger partial charge is 0.129 e. The van der Waals surface area contributed by atoms with E-state index in [1.165, 1.54) is 0 Å². The van der Waals surface area contributed by atoms with Gasteiger partial charge < -0.3 is 4.74 Å². The van der Waals surface area contributed by atoms with Crippen LogP contribution in [0.4, 0.5) is 0 Å². The molecule has 2 aromatic carbocycles. The Balaban J connectivity index is 1.92. The van der Waals surface area contributed by atoms with Crippen LogP contribution in [0.2, 0.25) is 0 Å². The summed E-state index contributed by atoms with van der Waals surface area (Å²) in [5.74, 6) is 2.04. The molecule has 0 spiro atoms. The lowest BCUT2D eigenvalue weighted by Gasteiger charge is -2.07. The maximum absolute atomic E-state index is 5.83. The van der Waals surface area contributed by atoms with Gasteiger partial charge in [0, 0.05) is 23.5 Å². The van der Waals surface area contributed by atoms with E-state index in [1.54, 1.807) is 6.20 Å². The number of ether oxygens (including phenoxy) is 1. The summed E-state index contributed by atoms with van der Waals surface area (Å²) in [6, 6.07) is 17.6. The van der Waals surface area contributed by atoms with Crippen LogP contribution in [-0.2, 0) is 5.88 Å². The first-order valence-electron chi connectivity index (χ1n) is 6.03. The summed E-state index contributed by atoms with van der Waals surface area (Å²) in [5, 5.41) is 1.10. The van der Waals surface area contributed by atoms with Gasteiger partial charge in [-0.2, -0.15) is 0 Å². The van der Waals surface area contributed by atoms with Crippen molar-refractivity contribution < 1.29 is 4.74 Å². The molecule has 94 valence electrons. The van der Waals surface area contributed by atoms with E-state index >= 15 is 0 Å². The fourth-order valence-corrected chi connectivity index (χ4v) is 2.10. The molecule has 0 aliphatic rings. The van der Waals surface area contributed by atoms with E-state index in [1.807, 2.05) is 54.6 Å². The maximum atomic E-state index is 5.83. The second kappa shape index (κ2) is 5.29. The number of aromatic nitrogens is 1. The van der Waals surface area contributed by atoms with Gasteiger partial charge in [-0.05, 0) is 35.9 Å². The standard InChI is InChI=1S/C16H12ClNO/c17-11-12-3-1-5-14(9-12)19-15-7-6-13-4-2-8-18-16(13)10-15/h1-10H,11H2. The van der Waals surface area contributed by atoms with Crippen LogP contribution in [0.1, 0.15) is 5.56 Å². The van der Waals surface area contributed by atoms with Crippen molar-refractivity contribution in [3.63, 3.8) is 0 Å². The number of benzene rings is 2. The second-order valence-corrected chi connectivity index (χ2v) is 4.51. The molecule has 0 aliphatic heterocycles. The molecule has 2 nitrogen and oxygen atoms in total. The summed E-state index contributed by atoms with van der Waals surface area (Å²) in [7, 11) is 0. The van der Waals surface area contributed by atoms with E-state index in [-0.39, 0.29) is 0 Å². The van der Waals surface area contributed by atoms with Gasteiger partial charge in [0.15, 0.2) is 0 Å². The number of halogens is 1. The van der Waals surface area contributed by atoms with E-state index in [9.17, 15) is 0 Å². The van der Waals surface area contributed by atoms with Crippen LogP contribution >= 0.6 is 11.6 Å². The van der Waals surface area contributed by atoms with Gasteiger partial charge in [0.1, 0.15) is 11.5 Å². The highest BCUT2D eigenvalue weighted by Gasteiger charge is 2.01. The summed E-state index contributed by atoms with van der Waals surface area (Å²) < 4.78 is 5.83. The first-order chi connectivity index (χ1) is 9.35. The number of rotatable bonds is 3. The van der Waals surface area contributed by atoms with E-state index in [2.05, 4.69) is 4.98 Å². The molecule has 0 saturated heterocycles. The number of alkyl halides is 1. The van der Waals surface area contributed by atoms with Crippen molar-refractivity contribution in [3.8, 4) is 11.5 Å². The van der Waals surface area contributed by atoms with E-state index in [4.69, 9.17) is 16.3 Å². The Labute approximate surface area is 116 Å². The van der Waals surface area contributed by atoms with Gasteiger partial charge in [-0.15, -0.1) is 11.6 Å². The summed E-state index contributed by atoms with van der Waals surface area (Å²) in [6.07, 6.45) is 1.78. The van der Waals surface area contributed by atoms with E-state index < -0.39 is 0 Å². The molecular formula is C16H12ClNO. The SMILES string of the molecule is ClCc1cccc(Oc2ccc3cccnc3c2)c1. The molecule has 0 saturated carbocycles. The zero-order valence-corrected chi connectivity index (χ0v) is 11.0. The Morgan fingerprint density at radius 1 is 0.947 bits per heavy atom. The van der Waals surface area contributed by atoms with Crippen LogP contribution in [0.25, 0.3) is 10.9 Å². The summed E-state index contributed by atoms with van der Waals surface area (Å²) in [4.78, 5) is 4.32. The van der Waals surface area contributed by atoms with Crippen molar-refractivity contribution in [2.45, 2.75) is 5.88 Å². The normalized spacial score (nSPS) is 10.6. The molecule has 1 aromatic heterocycles. The number of fused-ring (bicyclic) bond motifs is 1. The molecule has 0 atom stereocenters. The fourth-order valence-electron chi connectivity index (χ4n) is 1.94. The van der Waals surface area contributed by atoms with E-state index in [0.29, 0.717) is 5.88 Å². The Morgan fingerprint density at radius 3 is 2.74 bits per heavy atom. The van der Waals surface area contributed by atoms with Gasteiger partial charge in [-0.3, -0.25) is 4.98 Å². The van der Waals surface area contributed by atoms with Crippen molar-refractivity contribution in [1.82, 2.24) is 4.98 Å². The molecule has 1 heterocycles. The van der Waals surface area contributed by atoms with Crippen molar-refractivity contribution in [2.75, 3.05) is 0 Å². The number of nitrogens with zero attached hydrogens (tertiary/aromatic N) is 1. The summed E-state index contributed by atoms with van der Waals surface area (Å²) >= 11 is 5.81. The third-order valence-electron chi connectivity index (χ3n) is 2.87. The monoisotopic (exact) mass is 269 g/mol. The third-order valence-corrected chi connectivity index (χ3v) is 3.17. The van der Waals surface area contributed by atoms with Gasteiger partial charge in [-0.25, -0.2) is 0 Å². The Hall–Kier alpha value is -2.06. The lowest BCUT2D eigenvalue weighted by Crippen LogP contribution is -1.86. The molecule has 0 radical (unpaired) electrons. The van der Waals surface area contributed by atoms with Gasteiger partial charge in [0.05, 0.1) is 5.52 Å². The predicted octanol–water partition coefficient (Wildman–Crippen LogP) is 4.77. The van der Waals surface area contributed by atoms with Gasteiger partial charge in [0.25, 0.3) is 0 Å². The molecule has 3 rings (SSSR count). The highest BCUT2D eigenvalue weighted by molar-refractivity contribution is 6.17. The van der Waals surface area contributed by atoms with Crippen molar-refractivity contribution in [1.29, 1.82) is 0 Å². The van der Waals surface area contributed by atoms with Gasteiger partial charge >= 0.3 is 0 Å².